The predicted molar refractivity (Wildman–Crippen MR) is 72.5 cm³/mol. The number of hydrogen-bond acceptors (Lipinski definition) is 3. The molecule has 1 aliphatic heterocycles. The Kier molecular flexibility index (Phi) is 5.88. The summed E-state index contributed by atoms with van der Waals surface area (Å²) in [5, 5.41) is 14.8. The zero-order valence-electron chi connectivity index (χ0n) is 11.8. The maximum atomic E-state index is 11.5. The molecule has 106 valence electrons. The minimum absolute atomic E-state index is 0.104. The van der Waals surface area contributed by atoms with E-state index in [9.17, 15) is 4.79 Å². The Morgan fingerprint density at radius 3 is 2.44 bits per heavy atom. The molecule has 0 aromatic heterocycles. The molecular weight excluding hydrogens is 230 g/mol. The van der Waals surface area contributed by atoms with Gasteiger partial charge in [0.15, 0.2) is 0 Å². The van der Waals surface area contributed by atoms with Gasteiger partial charge in [-0.25, -0.2) is 4.79 Å². The number of rotatable bonds is 4. The molecule has 0 radical (unpaired) electrons. The summed E-state index contributed by atoms with van der Waals surface area (Å²) in [5.74, 6) is 0.471. The second-order valence-corrected chi connectivity index (χ2v) is 6.10. The summed E-state index contributed by atoms with van der Waals surface area (Å²) < 4.78 is 0. The molecule has 5 heteroatoms. The first-order valence-electron chi connectivity index (χ1n) is 6.80. The maximum absolute atomic E-state index is 11.5. The third-order valence-corrected chi connectivity index (χ3v) is 3.17. The Bertz CT molecular complexity index is 255. The summed E-state index contributed by atoms with van der Waals surface area (Å²) in [7, 11) is 0. The molecule has 1 aliphatic rings. The Morgan fingerprint density at radius 1 is 1.33 bits per heavy atom. The molecule has 3 N–H and O–H groups in total. The van der Waals surface area contributed by atoms with Gasteiger partial charge in [0.25, 0.3) is 0 Å². The van der Waals surface area contributed by atoms with Gasteiger partial charge < -0.3 is 20.6 Å². The molecule has 2 amide bonds. The molecule has 18 heavy (non-hydrogen) atoms. The second-order valence-electron chi connectivity index (χ2n) is 6.10. The second kappa shape index (κ2) is 6.95. The van der Waals surface area contributed by atoms with Crippen molar-refractivity contribution in [1.29, 1.82) is 0 Å². The highest BCUT2D eigenvalue weighted by Gasteiger charge is 2.18. The third-order valence-electron chi connectivity index (χ3n) is 3.17. The average Bonchev–Trinajstić information content (AvgIpc) is 2.27. The van der Waals surface area contributed by atoms with Crippen molar-refractivity contribution in [3.63, 3.8) is 0 Å². The largest absolute Gasteiger partial charge is 0.396 e. The van der Waals surface area contributed by atoms with E-state index < -0.39 is 0 Å². The quantitative estimate of drug-likeness (QED) is 0.697. The molecule has 0 aromatic carbocycles. The van der Waals surface area contributed by atoms with E-state index in [-0.39, 0.29) is 11.6 Å². The molecule has 1 rings (SSSR count). The number of amides is 2. The first-order valence-corrected chi connectivity index (χ1v) is 6.80. The fraction of sp³-hybridized carbons (Fsp3) is 0.923. The monoisotopic (exact) mass is 257 g/mol. The zero-order valence-corrected chi connectivity index (χ0v) is 11.8. The van der Waals surface area contributed by atoms with E-state index in [4.69, 9.17) is 5.11 Å². The van der Waals surface area contributed by atoms with Crippen LogP contribution in [0.25, 0.3) is 0 Å². The van der Waals surface area contributed by atoms with Gasteiger partial charge in [0.05, 0.1) is 0 Å². The van der Waals surface area contributed by atoms with Crippen molar-refractivity contribution in [3.8, 4) is 0 Å². The van der Waals surface area contributed by atoms with Gasteiger partial charge in [0, 0.05) is 25.2 Å². The van der Waals surface area contributed by atoms with Crippen LogP contribution in [0.2, 0.25) is 0 Å². The van der Waals surface area contributed by atoms with Gasteiger partial charge in [-0.05, 0) is 52.6 Å². The lowest BCUT2D eigenvalue weighted by atomic mass is 9.98. The number of aliphatic hydroxyl groups excluding tert-OH is 1. The smallest absolute Gasteiger partial charge is 0.315 e. The van der Waals surface area contributed by atoms with Gasteiger partial charge >= 0.3 is 6.03 Å². The molecule has 0 aliphatic carbocycles. The molecule has 0 unspecified atom stereocenters. The van der Waals surface area contributed by atoms with Crippen LogP contribution in [-0.2, 0) is 0 Å². The number of urea groups is 1. The van der Waals surface area contributed by atoms with Gasteiger partial charge in [0.1, 0.15) is 0 Å². The fourth-order valence-corrected chi connectivity index (χ4v) is 2.10. The number of piperidine rings is 1. The van der Waals surface area contributed by atoms with Crippen LogP contribution < -0.4 is 10.6 Å². The van der Waals surface area contributed by atoms with E-state index in [2.05, 4.69) is 15.5 Å². The van der Waals surface area contributed by atoms with Gasteiger partial charge in [-0.3, -0.25) is 0 Å². The Balaban J connectivity index is 2.10. The lowest BCUT2D eigenvalue weighted by Crippen LogP contribution is -2.48. The number of aliphatic hydroxyl groups is 1. The first-order chi connectivity index (χ1) is 8.40. The van der Waals surface area contributed by atoms with E-state index in [0.717, 1.165) is 32.5 Å². The summed E-state index contributed by atoms with van der Waals surface area (Å²) in [6, 6.07) is -0.104. The Labute approximate surface area is 110 Å². The lowest BCUT2D eigenvalue weighted by Gasteiger charge is -2.31. The fourth-order valence-electron chi connectivity index (χ4n) is 2.10. The molecule has 0 saturated carbocycles. The van der Waals surface area contributed by atoms with E-state index in [1.54, 1.807) is 0 Å². The summed E-state index contributed by atoms with van der Waals surface area (Å²) >= 11 is 0. The minimum atomic E-state index is -0.191. The Morgan fingerprint density at radius 2 is 1.94 bits per heavy atom. The average molecular weight is 257 g/mol. The zero-order chi connectivity index (χ0) is 13.6. The number of nitrogens with zero attached hydrogens (tertiary/aromatic N) is 1. The topological polar surface area (TPSA) is 64.6 Å². The van der Waals surface area contributed by atoms with Crippen LogP contribution in [0.1, 0.15) is 33.6 Å². The molecule has 0 atom stereocenters. The normalized spacial score (nSPS) is 18.7. The summed E-state index contributed by atoms with van der Waals surface area (Å²) in [6.45, 7) is 9.80. The SMILES string of the molecule is CC(C)(C)NC(=O)NCCN1CCC(CO)CC1. The Hall–Kier alpha value is -0.810. The third kappa shape index (κ3) is 6.21. The lowest BCUT2D eigenvalue weighted by molar-refractivity contribution is 0.132. The molecule has 5 nitrogen and oxygen atoms in total. The van der Waals surface area contributed by atoms with E-state index in [0.29, 0.717) is 19.1 Å². The van der Waals surface area contributed by atoms with Crippen LogP contribution in [0.5, 0.6) is 0 Å². The van der Waals surface area contributed by atoms with Gasteiger partial charge in [-0.15, -0.1) is 0 Å². The summed E-state index contributed by atoms with van der Waals surface area (Å²) in [6.07, 6.45) is 2.12. The molecule has 1 fully saturated rings. The van der Waals surface area contributed by atoms with Crippen LogP contribution in [0.4, 0.5) is 4.79 Å². The molecule has 1 heterocycles. The molecular formula is C13H27N3O2. The molecule has 0 bridgehead atoms. The van der Waals surface area contributed by atoms with Gasteiger partial charge in [0.2, 0.25) is 0 Å². The van der Waals surface area contributed by atoms with Crippen LogP contribution in [0.3, 0.4) is 0 Å². The van der Waals surface area contributed by atoms with Crippen LogP contribution in [0, 0.1) is 5.92 Å². The van der Waals surface area contributed by atoms with Crippen molar-refractivity contribution in [2.45, 2.75) is 39.2 Å². The van der Waals surface area contributed by atoms with E-state index in [1.807, 2.05) is 20.8 Å². The van der Waals surface area contributed by atoms with Crippen molar-refractivity contribution >= 4 is 6.03 Å². The van der Waals surface area contributed by atoms with Crippen molar-refractivity contribution < 1.29 is 9.90 Å². The number of likely N-dealkylation sites (tertiary alicyclic amines) is 1. The first kappa shape index (κ1) is 15.2. The number of carbonyl (C=O) groups is 1. The van der Waals surface area contributed by atoms with Crippen molar-refractivity contribution in [3.05, 3.63) is 0 Å². The number of nitrogens with one attached hydrogen (secondary N) is 2. The van der Waals surface area contributed by atoms with E-state index in [1.165, 1.54) is 0 Å². The number of hydrogen-bond donors (Lipinski definition) is 3. The molecule has 1 saturated heterocycles. The van der Waals surface area contributed by atoms with Crippen LogP contribution >= 0.6 is 0 Å². The highest BCUT2D eigenvalue weighted by Crippen LogP contribution is 2.15. The van der Waals surface area contributed by atoms with Crippen LogP contribution in [0.15, 0.2) is 0 Å². The molecule has 0 aromatic rings. The van der Waals surface area contributed by atoms with Crippen LogP contribution in [-0.4, -0.2) is 54.4 Å². The number of carbonyl (C=O) groups excluding carboxylic acids is 1. The summed E-state index contributed by atoms with van der Waals surface area (Å²) in [5.41, 5.74) is -0.191. The highest BCUT2D eigenvalue weighted by molar-refractivity contribution is 5.74. The highest BCUT2D eigenvalue weighted by atomic mass is 16.3. The van der Waals surface area contributed by atoms with Crippen molar-refractivity contribution in [2.75, 3.05) is 32.8 Å². The van der Waals surface area contributed by atoms with E-state index >= 15 is 0 Å². The molecule has 0 spiro atoms. The van der Waals surface area contributed by atoms with Gasteiger partial charge in [-0.2, -0.15) is 0 Å². The standard InChI is InChI=1S/C13H27N3O2/c1-13(2,3)15-12(18)14-6-9-16-7-4-11(10-17)5-8-16/h11,17H,4-10H2,1-3H3,(H2,14,15,18). The van der Waals surface area contributed by atoms with Crippen molar-refractivity contribution in [1.82, 2.24) is 15.5 Å². The summed E-state index contributed by atoms with van der Waals surface area (Å²) in [4.78, 5) is 13.9. The predicted octanol–water partition coefficient (Wildman–Crippen LogP) is 0.788. The van der Waals surface area contributed by atoms with Crippen molar-refractivity contribution in [2.24, 2.45) is 5.92 Å². The maximum Gasteiger partial charge on any atom is 0.315 e. The van der Waals surface area contributed by atoms with Gasteiger partial charge in [-0.1, -0.05) is 0 Å². The minimum Gasteiger partial charge on any atom is -0.396 e.